The minimum absolute atomic E-state index is 0.0534. The average Bonchev–Trinajstić information content (AvgIpc) is 2.78. The van der Waals surface area contributed by atoms with Crippen LogP contribution in [0.15, 0.2) is 24.3 Å². The van der Waals surface area contributed by atoms with Crippen LogP contribution in [-0.2, 0) is 11.3 Å². The smallest absolute Gasteiger partial charge is 0.323 e. The molecule has 2 aliphatic rings. The summed E-state index contributed by atoms with van der Waals surface area (Å²) in [5.41, 5.74) is 0.429. The zero-order chi connectivity index (χ0) is 17.9. The zero-order valence-electron chi connectivity index (χ0n) is 14.8. The summed E-state index contributed by atoms with van der Waals surface area (Å²) in [5, 5.41) is 3.71. The van der Waals surface area contributed by atoms with Gasteiger partial charge in [0.25, 0.3) is 5.91 Å². The van der Waals surface area contributed by atoms with E-state index < -0.39 is 5.54 Å². The Labute approximate surface area is 154 Å². The SMILES string of the molecule is CN(Cc1ccc(Cl)cc1)CN1C(=O)NC2(CCCCCCC2)C1=O. The average molecular weight is 364 g/mol. The standard InChI is InChI=1S/C19H26ClN3O2/c1-22(13-15-7-9-16(20)10-8-15)14-23-17(24)19(21-18(23)25)11-5-3-2-4-6-12-19/h7-10H,2-6,11-14H2,1H3,(H,21,25). The van der Waals surface area contributed by atoms with E-state index in [4.69, 9.17) is 11.6 Å². The molecule has 0 radical (unpaired) electrons. The zero-order valence-corrected chi connectivity index (χ0v) is 15.5. The second-order valence-electron chi connectivity index (χ2n) is 7.30. The Morgan fingerprint density at radius 1 is 1.08 bits per heavy atom. The molecule has 1 aliphatic carbocycles. The number of rotatable bonds is 4. The minimum Gasteiger partial charge on any atom is -0.323 e. The van der Waals surface area contributed by atoms with Crippen LogP contribution in [-0.4, -0.2) is 41.0 Å². The maximum Gasteiger partial charge on any atom is 0.326 e. The number of hydrogen-bond acceptors (Lipinski definition) is 3. The molecular formula is C19H26ClN3O2. The van der Waals surface area contributed by atoms with Crippen molar-refractivity contribution in [3.63, 3.8) is 0 Å². The van der Waals surface area contributed by atoms with E-state index in [9.17, 15) is 9.59 Å². The summed E-state index contributed by atoms with van der Waals surface area (Å²) >= 11 is 5.91. The van der Waals surface area contributed by atoms with E-state index in [1.807, 2.05) is 36.2 Å². The van der Waals surface area contributed by atoms with Crippen LogP contribution < -0.4 is 5.32 Å². The fraction of sp³-hybridized carbons (Fsp3) is 0.579. The molecule has 1 spiro atoms. The number of hydrogen-bond donors (Lipinski definition) is 1. The number of amides is 3. The number of benzene rings is 1. The van der Waals surface area contributed by atoms with E-state index in [-0.39, 0.29) is 11.9 Å². The molecule has 0 atom stereocenters. The van der Waals surface area contributed by atoms with Crippen molar-refractivity contribution in [1.29, 1.82) is 0 Å². The quantitative estimate of drug-likeness (QED) is 0.828. The van der Waals surface area contributed by atoms with Crippen molar-refractivity contribution in [1.82, 2.24) is 15.1 Å². The minimum atomic E-state index is -0.668. The predicted octanol–water partition coefficient (Wildman–Crippen LogP) is 3.76. The first kappa shape index (κ1) is 18.2. The molecule has 1 saturated heterocycles. The highest BCUT2D eigenvalue weighted by atomic mass is 35.5. The molecule has 0 unspecified atom stereocenters. The molecule has 1 aromatic rings. The second kappa shape index (κ2) is 7.75. The van der Waals surface area contributed by atoms with Gasteiger partial charge in [0.15, 0.2) is 0 Å². The molecule has 136 valence electrons. The van der Waals surface area contributed by atoms with E-state index >= 15 is 0 Å². The Bertz CT molecular complexity index is 624. The molecule has 1 saturated carbocycles. The lowest BCUT2D eigenvalue weighted by molar-refractivity contribution is -0.133. The first-order valence-electron chi connectivity index (χ1n) is 9.07. The van der Waals surface area contributed by atoms with Crippen LogP contribution in [0.4, 0.5) is 4.79 Å². The van der Waals surface area contributed by atoms with E-state index in [0.717, 1.165) is 44.1 Å². The molecule has 6 heteroatoms. The van der Waals surface area contributed by atoms with Crippen molar-refractivity contribution in [2.45, 2.75) is 57.0 Å². The van der Waals surface area contributed by atoms with Gasteiger partial charge in [-0.1, -0.05) is 55.8 Å². The Morgan fingerprint density at radius 3 is 2.32 bits per heavy atom. The third-order valence-corrected chi connectivity index (χ3v) is 5.45. The van der Waals surface area contributed by atoms with Crippen LogP contribution in [0.5, 0.6) is 0 Å². The lowest BCUT2D eigenvalue weighted by Crippen LogP contribution is -2.48. The number of carbonyl (C=O) groups excluding carboxylic acids is 2. The Balaban J connectivity index is 1.64. The molecule has 25 heavy (non-hydrogen) atoms. The van der Waals surface area contributed by atoms with Gasteiger partial charge >= 0.3 is 6.03 Å². The van der Waals surface area contributed by atoms with Gasteiger partial charge in [-0.25, -0.2) is 9.69 Å². The van der Waals surface area contributed by atoms with Crippen LogP contribution in [0.2, 0.25) is 5.02 Å². The lowest BCUT2D eigenvalue weighted by Gasteiger charge is -2.29. The first-order valence-corrected chi connectivity index (χ1v) is 9.45. The highest BCUT2D eigenvalue weighted by molar-refractivity contribution is 6.30. The van der Waals surface area contributed by atoms with E-state index in [0.29, 0.717) is 18.2 Å². The number of nitrogens with one attached hydrogen (secondary N) is 1. The van der Waals surface area contributed by atoms with Crippen molar-refractivity contribution in [2.75, 3.05) is 13.7 Å². The van der Waals surface area contributed by atoms with E-state index in [1.165, 1.54) is 11.3 Å². The van der Waals surface area contributed by atoms with Crippen LogP contribution in [0.1, 0.15) is 50.5 Å². The summed E-state index contributed by atoms with van der Waals surface area (Å²) in [6.07, 6.45) is 7.03. The van der Waals surface area contributed by atoms with Crippen LogP contribution in [0.25, 0.3) is 0 Å². The maximum atomic E-state index is 13.0. The van der Waals surface area contributed by atoms with E-state index in [2.05, 4.69) is 5.32 Å². The lowest BCUT2D eigenvalue weighted by atomic mass is 9.84. The van der Waals surface area contributed by atoms with E-state index in [1.54, 1.807) is 0 Å². The van der Waals surface area contributed by atoms with Gasteiger partial charge in [-0.3, -0.25) is 9.69 Å². The predicted molar refractivity (Wildman–Crippen MR) is 98.2 cm³/mol. The molecule has 3 rings (SSSR count). The van der Waals surface area contributed by atoms with Crippen molar-refractivity contribution >= 4 is 23.5 Å². The Morgan fingerprint density at radius 2 is 1.68 bits per heavy atom. The van der Waals surface area contributed by atoms with Gasteiger partial charge in [-0.2, -0.15) is 0 Å². The molecule has 1 aliphatic heterocycles. The van der Waals surface area contributed by atoms with Crippen molar-refractivity contribution < 1.29 is 9.59 Å². The van der Waals surface area contributed by atoms with Crippen LogP contribution >= 0.6 is 11.6 Å². The maximum absolute atomic E-state index is 13.0. The summed E-state index contributed by atoms with van der Waals surface area (Å²) in [4.78, 5) is 28.8. The molecule has 1 heterocycles. The number of nitrogens with zero attached hydrogens (tertiary/aromatic N) is 2. The molecule has 5 nitrogen and oxygen atoms in total. The number of carbonyl (C=O) groups is 2. The topological polar surface area (TPSA) is 52.6 Å². The van der Waals surface area contributed by atoms with Gasteiger partial charge in [0.2, 0.25) is 0 Å². The van der Waals surface area contributed by atoms with Crippen molar-refractivity contribution in [3.8, 4) is 0 Å². The third-order valence-electron chi connectivity index (χ3n) is 5.20. The first-order chi connectivity index (χ1) is 12.0. The molecule has 1 aromatic carbocycles. The summed E-state index contributed by atoms with van der Waals surface area (Å²) in [7, 11) is 1.91. The van der Waals surface area contributed by atoms with Crippen molar-refractivity contribution in [2.24, 2.45) is 0 Å². The molecule has 0 aromatic heterocycles. The molecule has 3 amide bonds. The highest BCUT2D eigenvalue weighted by Gasteiger charge is 2.50. The van der Waals surface area contributed by atoms with Gasteiger partial charge in [-0.15, -0.1) is 0 Å². The molecule has 0 bridgehead atoms. The molecular weight excluding hydrogens is 338 g/mol. The number of halogens is 1. The van der Waals surface area contributed by atoms with Gasteiger partial charge in [-0.05, 0) is 37.6 Å². The molecule has 2 fully saturated rings. The second-order valence-corrected chi connectivity index (χ2v) is 7.73. The number of urea groups is 1. The summed E-state index contributed by atoms with van der Waals surface area (Å²) in [5.74, 6) is -0.0534. The normalized spacial score (nSPS) is 20.7. The van der Waals surface area contributed by atoms with Gasteiger partial charge in [0, 0.05) is 11.6 Å². The third kappa shape index (κ3) is 4.15. The fourth-order valence-electron chi connectivity index (χ4n) is 3.85. The monoisotopic (exact) mass is 363 g/mol. The van der Waals surface area contributed by atoms with Gasteiger partial charge in [0.1, 0.15) is 5.54 Å². The Hall–Kier alpha value is -1.59. The summed E-state index contributed by atoms with van der Waals surface area (Å²) in [6, 6.07) is 7.36. The summed E-state index contributed by atoms with van der Waals surface area (Å²) in [6.45, 7) is 0.955. The number of imide groups is 1. The Kier molecular flexibility index (Phi) is 5.64. The van der Waals surface area contributed by atoms with Crippen LogP contribution in [0, 0.1) is 0 Å². The largest absolute Gasteiger partial charge is 0.326 e. The molecule has 1 N–H and O–H groups in total. The van der Waals surface area contributed by atoms with Gasteiger partial charge in [0.05, 0.1) is 6.67 Å². The highest BCUT2D eigenvalue weighted by Crippen LogP contribution is 2.32. The summed E-state index contributed by atoms with van der Waals surface area (Å²) < 4.78 is 0. The van der Waals surface area contributed by atoms with Gasteiger partial charge < -0.3 is 5.32 Å². The van der Waals surface area contributed by atoms with Crippen molar-refractivity contribution in [3.05, 3.63) is 34.9 Å². The van der Waals surface area contributed by atoms with Crippen LogP contribution in [0.3, 0.4) is 0 Å². The fourth-order valence-corrected chi connectivity index (χ4v) is 3.97.